The minimum atomic E-state index is -7.51. The number of carbonyl (C=O) groups excluding carboxylic acids is 2. The van der Waals surface area contributed by atoms with Gasteiger partial charge >= 0.3 is 18.0 Å². The van der Waals surface area contributed by atoms with Crippen LogP contribution >= 0.6 is 0 Å². The molecule has 132 valence electrons. The fourth-order valence-corrected chi connectivity index (χ4v) is 2.00. The fraction of sp³-hybridized carbons (Fsp3) is 0.857. The van der Waals surface area contributed by atoms with Gasteiger partial charge in [0.2, 0.25) is 5.78 Å². The SMILES string of the molecule is [2H]C([2H])([2H])C12C(=O)C([2H])(C(=O)C(F)(F)C(F)(F)C(F)(F)F)C([2H])(C([2H])([2H])C1([2H])[2H])C2(C([2H])([2H])[2H])C([2H])([2H])[2H]. The third-order valence-electron chi connectivity index (χ3n) is 3.39. The topological polar surface area (TPSA) is 34.1 Å². The van der Waals surface area contributed by atoms with Crippen LogP contribution in [0, 0.1) is 22.6 Å². The largest absolute Gasteiger partial charge is 0.460 e. The van der Waals surface area contributed by atoms with E-state index in [1.165, 1.54) is 0 Å². The first-order chi connectivity index (χ1) is 16.1. The molecule has 2 bridgehead atoms. The summed E-state index contributed by atoms with van der Waals surface area (Å²) in [4.78, 5) is 26.2. The van der Waals surface area contributed by atoms with Gasteiger partial charge in [-0.15, -0.1) is 0 Å². The van der Waals surface area contributed by atoms with Gasteiger partial charge in [0.15, 0.2) is 0 Å². The van der Waals surface area contributed by atoms with Crippen molar-refractivity contribution in [3.63, 3.8) is 0 Å². The van der Waals surface area contributed by atoms with Crippen LogP contribution < -0.4 is 0 Å². The zero-order chi connectivity index (χ0) is 31.2. The summed E-state index contributed by atoms with van der Waals surface area (Å²) in [7, 11) is 0. The van der Waals surface area contributed by atoms with Crippen LogP contribution in [-0.4, -0.2) is 29.6 Å². The van der Waals surface area contributed by atoms with E-state index in [1.54, 1.807) is 0 Å². The Hall–Kier alpha value is -1.15. The van der Waals surface area contributed by atoms with Crippen molar-refractivity contribution >= 4 is 11.6 Å². The Labute approximate surface area is 148 Å². The van der Waals surface area contributed by atoms with Crippen molar-refractivity contribution in [1.82, 2.24) is 0 Å². The molecular formula is C14H15F7O2. The van der Waals surface area contributed by atoms with E-state index in [4.69, 9.17) is 20.6 Å². The summed E-state index contributed by atoms with van der Waals surface area (Å²) in [5.41, 5.74) is -10.3. The molecule has 0 N–H and O–H groups in total. The predicted molar refractivity (Wildman–Crippen MR) is 64.1 cm³/mol. The summed E-state index contributed by atoms with van der Waals surface area (Å²) in [6.07, 6.45) is -17.1. The van der Waals surface area contributed by atoms with Crippen molar-refractivity contribution in [3.05, 3.63) is 0 Å². The molecule has 0 radical (unpaired) electrons. The van der Waals surface area contributed by atoms with E-state index < -0.39 is 85.5 Å². The van der Waals surface area contributed by atoms with E-state index in [2.05, 4.69) is 0 Å². The molecule has 2 fully saturated rings. The number of Topliss-reactive ketones (excluding diaryl/α,β-unsaturated/α-hetero) is 2. The molecule has 0 aliphatic heterocycles. The van der Waals surface area contributed by atoms with Crippen LogP contribution in [0.3, 0.4) is 0 Å². The number of hydrogen-bond acceptors (Lipinski definition) is 2. The number of halogens is 7. The van der Waals surface area contributed by atoms with Gasteiger partial charge < -0.3 is 0 Å². The lowest BCUT2D eigenvalue weighted by atomic mass is 9.70. The van der Waals surface area contributed by atoms with Crippen LogP contribution in [0.1, 0.15) is 53.9 Å². The fourth-order valence-electron chi connectivity index (χ4n) is 2.00. The second kappa shape index (κ2) is 4.47. The molecule has 0 saturated heterocycles. The minimum absolute atomic E-state index is 3.41. The highest BCUT2D eigenvalue weighted by Gasteiger charge is 2.79. The Balaban J connectivity index is 3.39. The molecule has 0 aromatic heterocycles. The van der Waals surface area contributed by atoms with Crippen LogP contribution in [0.4, 0.5) is 30.7 Å². The van der Waals surface area contributed by atoms with Gasteiger partial charge in [-0.2, -0.15) is 30.7 Å². The summed E-state index contributed by atoms with van der Waals surface area (Å²) in [5.74, 6) is -33.6. The van der Waals surface area contributed by atoms with Gasteiger partial charge in [0.1, 0.15) is 5.78 Å². The van der Waals surface area contributed by atoms with Gasteiger partial charge in [0.25, 0.3) is 0 Å². The van der Waals surface area contributed by atoms with Gasteiger partial charge in [0.05, 0.1) is 5.89 Å². The minimum Gasteiger partial charge on any atom is -0.298 e. The molecule has 0 aromatic carbocycles. The lowest BCUT2D eigenvalue weighted by Gasteiger charge is -2.32. The summed E-state index contributed by atoms with van der Waals surface area (Å²) >= 11 is 0. The van der Waals surface area contributed by atoms with Crippen molar-refractivity contribution in [2.24, 2.45) is 22.6 Å². The highest BCUT2D eigenvalue weighted by Crippen LogP contribution is 2.66. The Morgan fingerprint density at radius 2 is 1.78 bits per heavy atom. The highest BCUT2D eigenvalue weighted by molar-refractivity contribution is 6.10. The maximum atomic E-state index is 14.6. The van der Waals surface area contributed by atoms with Crippen molar-refractivity contribution in [3.8, 4) is 0 Å². The van der Waals surface area contributed by atoms with E-state index in [1.807, 2.05) is 0 Å². The van der Waals surface area contributed by atoms with Crippen LogP contribution in [0.2, 0.25) is 0 Å². The molecule has 0 aromatic rings. The normalized spacial score (nSPS) is 56.1. The molecule has 2 aliphatic carbocycles. The third-order valence-corrected chi connectivity index (χ3v) is 3.39. The van der Waals surface area contributed by atoms with Gasteiger partial charge in [0, 0.05) is 26.0 Å². The zero-order valence-electron chi connectivity index (χ0n) is 25.5. The average molecular weight is 363 g/mol. The van der Waals surface area contributed by atoms with E-state index in [-0.39, 0.29) is 0 Å². The first-order valence-corrected chi connectivity index (χ1v) is 5.48. The van der Waals surface area contributed by atoms with Crippen molar-refractivity contribution < 1.29 is 60.9 Å². The molecule has 2 saturated carbocycles. The van der Waals surface area contributed by atoms with Crippen LogP contribution in [0.25, 0.3) is 0 Å². The first kappa shape index (κ1) is 6.63. The van der Waals surface area contributed by atoms with Crippen molar-refractivity contribution in [2.75, 3.05) is 0 Å². The number of fused-ring (bicyclic) bond motifs is 2. The Morgan fingerprint density at radius 3 is 2.17 bits per heavy atom. The van der Waals surface area contributed by atoms with E-state index in [0.29, 0.717) is 0 Å². The smallest absolute Gasteiger partial charge is 0.298 e. The average Bonchev–Trinajstić information content (AvgIpc) is 2.87. The van der Waals surface area contributed by atoms with Crippen molar-refractivity contribution in [2.45, 2.75) is 51.3 Å². The molecule has 3 unspecified atom stereocenters. The number of ketones is 2. The van der Waals surface area contributed by atoms with E-state index in [0.717, 1.165) is 0 Å². The van der Waals surface area contributed by atoms with Gasteiger partial charge in [-0.3, -0.25) is 9.59 Å². The Morgan fingerprint density at radius 1 is 1.22 bits per heavy atom. The Bertz CT molecular complexity index is 1060. The molecule has 9 heteroatoms. The molecule has 0 spiro atoms. The van der Waals surface area contributed by atoms with E-state index >= 15 is 0 Å². The number of rotatable bonds is 3. The predicted octanol–water partition coefficient (Wildman–Crippen LogP) is 4.03. The molecule has 3 atom stereocenters. The van der Waals surface area contributed by atoms with Gasteiger partial charge in [-0.25, -0.2) is 0 Å². The summed E-state index contributed by atoms with van der Waals surface area (Å²) in [5, 5.41) is 0. The summed E-state index contributed by atoms with van der Waals surface area (Å²) in [6.45, 7) is -14.6. The summed E-state index contributed by atoms with van der Waals surface area (Å²) in [6, 6.07) is 0. The lowest BCUT2D eigenvalue weighted by molar-refractivity contribution is -0.344. The van der Waals surface area contributed by atoms with Crippen molar-refractivity contribution in [1.29, 1.82) is 0 Å². The highest BCUT2D eigenvalue weighted by atomic mass is 19.4. The number of carbonyl (C=O) groups is 2. The molecule has 2 aliphatic rings. The molecule has 0 heterocycles. The maximum Gasteiger partial charge on any atom is 0.460 e. The first-order valence-electron chi connectivity index (χ1n) is 13.0. The lowest BCUT2D eigenvalue weighted by Crippen LogP contribution is -2.59. The van der Waals surface area contributed by atoms with Crippen LogP contribution in [0.5, 0.6) is 0 Å². The quantitative estimate of drug-likeness (QED) is 0.560. The Kier molecular flexibility index (Phi) is 1.29. The second-order valence-electron chi connectivity index (χ2n) is 4.80. The maximum absolute atomic E-state index is 14.6. The molecule has 2 rings (SSSR count). The monoisotopic (exact) mass is 363 g/mol. The molecule has 2 nitrogen and oxygen atoms in total. The third kappa shape index (κ3) is 1.94. The number of hydrogen-bond donors (Lipinski definition) is 0. The van der Waals surface area contributed by atoms with E-state index in [9.17, 15) is 40.3 Å². The standard InChI is InChI=1S/C14H15F7O2/c1-10(2)6-4-5-11(10,3)8(22)7(6)9(23)12(15,16)13(17,18)14(19,20)21/h6-7H,4-5H2,1-3H3/i1D3,2D3,3D3,4D2,5D2,6D,7D. The molecular weight excluding hydrogens is 333 g/mol. The second-order valence-corrected chi connectivity index (χ2v) is 4.80. The summed E-state index contributed by atoms with van der Waals surface area (Å²) < 4.78 is 213. The van der Waals surface area contributed by atoms with Gasteiger partial charge in [-0.05, 0) is 24.1 Å². The van der Waals surface area contributed by atoms with Crippen LogP contribution in [0.15, 0.2) is 0 Å². The molecule has 0 amide bonds. The molecule has 23 heavy (non-hydrogen) atoms. The van der Waals surface area contributed by atoms with Crippen LogP contribution in [-0.2, 0) is 9.59 Å². The number of alkyl halides is 7. The zero-order valence-corrected chi connectivity index (χ0v) is 10.5. The van der Waals surface area contributed by atoms with Gasteiger partial charge in [-0.1, -0.05) is 20.6 Å².